The van der Waals surface area contributed by atoms with E-state index in [2.05, 4.69) is 26.1 Å². The number of nitrogens with one attached hydrogen (secondary N) is 1. The van der Waals surface area contributed by atoms with E-state index >= 15 is 0 Å². The molecule has 2 N–H and O–H groups in total. The van der Waals surface area contributed by atoms with E-state index in [9.17, 15) is 37.7 Å². The number of unbranched alkanes of at least 4 members (excludes halogenated alkanes) is 2. The molecule has 1 aliphatic heterocycles. The number of amides is 3. The number of hydrogen-bond acceptors (Lipinski definition) is 9. The van der Waals surface area contributed by atoms with Crippen molar-refractivity contribution in [1.82, 2.24) is 10.4 Å². The molecule has 2 rings (SSSR count). The molecule has 1 unspecified atom stereocenters. The Kier molecular flexibility index (Phi) is 9.01. The Morgan fingerprint density at radius 2 is 1.97 bits per heavy atom. The zero-order chi connectivity index (χ0) is 24.8. The van der Waals surface area contributed by atoms with Crippen molar-refractivity contribution in [3.63, 3.8) is 0 Å². The number of nitrogens with zero attached hydrogens (tertiary/aromatic N) is 2. The number of carbonyl (C=O) groups is 4. The summed E-state index contributed by atoms with van der Waals surface area (Å²) >= 11 is 3.15. The number of nitro groups is 1. The lowest BCUT2D eigenvalue weighted by atomic mass is 10.1. The van der Waals surface area contributed by atoms with Crippen LogP contribution < -0.4 is 5.32 Å². The summed E-state index contributed by atoms with van der Waals surface area (Å²) in [5.74, 6) is -3.81. The van der Waals surface area contributed by atoms with Crippen LogP contribution in [0.15, 0.2) is 18.2 Å². The molecule has 0 spiro atoms. The number of hydroxylamine groups is 2. The maximum Gasteiger partial charge on any atom is 0.333 e. The second-order valence-electron chi connectivity index (χ2n) is 7.00. The van der Waals surface area contributed by atoms with Crippen LogP contribution in [0.4, 0.5) is 5.69 Å². The van der Waals surface area contributed by atoms with Crippen LogP contribution in [0.5, 0.6) is 0 Å². The second-order valence-corrected chi connectivity index (χ2v) is 9.16. The van der Waals surface area contributed by atoms with Gasteiger partial charge >= 0.3 is 5.97 Å². The van der Waals surface area contributed by atoms with E-state index < -0.39 is 50.4 Å². The SMILES string of the molecule is O=C(CCCCCNC(=O)c1ccc(CBr)c([N+](=O)[O-])c1)ON1C(=O)CC(S(=O)(=O)O)C1=O. The summed E-state index contributed by atoms with van der Waals surface area (Å²) in [5, 5.41) is 12.0. The molecule has 0 aromatic heterocycles. The molecule has 15 heteroatoms. The highest BCUT2D eigenvalue weighted by Crippen LogP contribution is 2.23. The Morgan fingerprint density at radius 3 is 2.55 bits per heavy atom. The predicted molar refractivity (Wildman–Crippen MR) is 114 cm³/mol. The number of imide groups is 1. The quantitative estimate of drug-likeness (QED) is 0.101. The predicted octanol–water partition coefficient (Wildman–Crippen LogP) is 1.25. The Labute approximate surface area is 196 Å². The number of nitro benzene ring substituents is 1. The molecule has 1 aromatic carbocycles. The summed E-state index contributed by atoms with van der Waals surface area (Å²) in [6, 6.07) is 4.15. The van der Waals surface area contributed by atoms with E-state index in [0.29, 0.717) is 18.4 Å². The van der Waals surface area contributed by atoms with Crippen molar-refractivity contribution in [3.8, 4) is 0 Å². The van der Waals surface area contributed by atoms with Gasteiger partial charge in [0.2, 0.25) is 0 Å². The number of alkyl halides is 1. The van der Waals surface area contributed by atoms with E-state index in [1.807, 2.05) is 0 Å². The van der Waals surface area contributed by atoms with Gasteiger partial charge in [0.15, 0.2) is 5.25 Å². The molecule has 1 atom stereocenters. The van der Waals surface area contributed by atoms with E-state index in [-0.39, 0.29) is 41.0 Å². The molecule has 180 valence electrons. The number of carbonyl (C=O) groups excluding carboxylic acids is 4. The first kappa shape index (κ1) is 26.3. The minimum atomic E-state index is -4.79. The minimum Gasteiger partial charge on any atom is -0.352 e. The van der Waals surface area contributed by atoms with Gasteiger partial charge in [-0.05, 0) is 18.9 Å². The molecule has 33 heavy (non-hydrogen) atoms. The fourth-order valence-corrected chi connectivity index (χ4v) is 4.10. The summed E-state index contributed by atoms with van der Waals surface area (Å²) in [6.07, 6.45) is 0.229. The molecule has 3 amide bonds. The molecule has 1 heterocycles. The molecular formula is C18H20BrN3O10S. The first-order valence-electron chi connectivity index (χ1n) is 9.61. The molecule has 13 nitrogen and oxygen atoms in total. The van der Waals surface area contributed by atoms with Gasteiger partial charge in [0.05, 0.1) is 11.3 Å². The molecule has 0 radical (unpaired) electrons. The summed E-state index contributed by atoms with van der Waals surface area (Å²) < 4.78 is 31.0. The third kappa shape index (κ3) is 7.03. The first-order chi connectivity index (χ1) is 15.5. The zero-order valence-electron chi connectivity index (χ0n) is 17.1. The van der Waals surface area contributed by atoms with E-state index in [1.165, 1.54) is 18.2 Å². The topological polar surface area (TPSA) is 190 Å². The highest BCUT2D eigenvalue weighted by Gasteiger charge is 2.48. The smallest absolute Gasteiger partial charge is 0.333 e. The number of rotatable bonds is 11. The van der Waals surface area contributed by atoms with Crippen LogP contribution in [-0.4, -0.2) is 58.4 Å². The van der Waals surface area contributed by atoms with Gasteiger partial charge in [-0.25, -0.2) is 4.79 Å². The fraction of sp³-hybridized carbons (Fsp3) is 0.444. The van der Waals surface area contributed by atoms with Gasteiger partial charge in [0.1, 0.15) is 0 Å². The molecule has 1 aliphatic rings. The third-order valence-corrected chi connectivity index (χ3v) is 6.34. The lowest BCUT2D eigenvalue weighted by Gasteiger charge is -2.13. The largest absolute Gasteiger partial charge is 0.352 e. The Balaban J connectivity index is 1.72. The van der Waals surface area contributed by atoms with Crippen molar-refractivity contribution in [3.05, 3.63) is 39.4 Å². The Bertz CT molecular complexity index is 1080. The van der Waals surface area contributed by atoms with E-state index in [1.54, 1.807) is 0 Å². The van der Waals surface area contributed by atoms with E-state index in [4.69, 9.17) is 4.55 Å². The average Bonchev–Trinajstić information content (AvgIpc) is 3.04. The van der Waals surface area contributed by atoms with Crippen molar-refractivity contribution in [2.75, 3.05) is 6.54 Å². The monoisotopic (exact) mass is 549 g/mol. The molecule has 1 saturated heterocycles. The van der Waals surface area contributed by atoms with Crippen molar-refractivity contribution in [2.24, 2.45) is 0 Å². The van der Waals surface area contributed by atoms with Crippen LogP contribution in [0.3, 0.4) is 0 Å². The summed E-state index contributed by atoms with van der Waals surface area (Å²) in [7, 11) is -4.79. The van der Waals surface area contributed by atoms with Crippen LogP contribution in [0.2, 0.25) is 0 Å². The Morgan fingerprint density at radius 1 is 1.27 bits per heavy atom. The third-order valence-electron chi connectivity index (χ3n) is 4.65. The molecule has 1 fully saturated rings. The minimum absolute atomic E-state index is 0.0427. The highest BCUT2D eigenvalue weighted by atomic mass is 79.9. The van der Waals surface area contributed by atoms with Crippen LogP contribution >= 0.6 is 15.9 Å². The maximum absolute atomic E-state index is 12.2. The standard InChI is InChI=1S/C18H20BrN3O10S/c19-10-12-6-5-11(8-13(12)22(27)28)17(25)20-7-3-1-2-4-16(24)32-21-15(23)9-14(18(21)26)33(29,30)31/h5-6,8,14H,1-4,7,9-10H2,(H,20,25)(H,29,30,31). The number of benzene rings is 1. The van der Waals surface area contributed by atoms with Crippen molar-refractivity contribution in [2.45, 2.75) is 42.7 Å². The molecular weight excluding hydrogens is 530 g/mol. The highest BCUT2D eigenvalue weighted by molar-refractivity contribution is 9.08. The van der Waals surface area contributed by atoms with Gasteiger partial charge in [-0.2, -0.15) is 8.42 Å². The van der Waals surface area contributed by atoms with Crippen molar-refractivity contribution in [1.29, 1.82) is 0 Å². The first-order valence-corrected chi connectivity index (χ1v) is 12.2. The average molecular weight is 550 g/mol. The van der Waals surface area contributed by atoms with Gasteiger partial charge in [-0.3, -0.25) is 29.1 Å². The number of halogens is 1. The lowest BCUT2D eigenvalue weighted by Crippen LogP contribution is -2.36. The van der Waals surface area contributed by atoms with Crippen LogP contribution in [0.25, 0.3) is 0 Å². The van der Waals surface area contributed by atoms with Crippen LogP contribution in [0, 0.1) is 10.1 Å². The normalized spacial score (nSPS) is 16.1. The van der Waals surface area contributed by atoms with Gasteiger partial charge in [-0.1, -0.05) is 28.4 Å². The summed E-state index contributed by atoms with van der Waals surface area (Å²) in [6.45, 7) is 0.237. The Hall–Kier alpha value is -2.91. The van der Waals surface area contributed by atoms with E-state index in [0.717, 1.165) is 0 Å². The van der Waals surface area contributed by atoms with Crippen molar-refractivity contribution >= 4 is 55.4 Å². The van der Waals surface area contributed by atoms with Gasteiger partial charge in [-0.15, -0.1) is 5.06 Å². The molecule has 0 bridgehead atoms. The van der Waals surface area contributed by atoms with Crippen LogP contribution in [-0.2, 0) is 34.7 Å². The fourth-order valence-electron chi connectivity index (χ4n) is 2.92. The molecule has 0 saturated carbocycles. The van der Waals surface area contributed by atoms with Gasteiger partial charge < -0.3 is 10.2 Å². The van der Waals surface area contributed by atoms with Gasteiger partial charge in [0, 0.05) is 35.5 Å². The molecule has 0 aliphatic carbocycles. The lowest BCUT2D eigenvalue weighted by molar-refractivity contribution is -0.385. The van der Waals surface area contributed by atoms with Crippen molar-refractivity contribution < 1.29 is 41.9 Å². The van der Waals surface area contributed by atoms with Gasteiger partial charge in [0.25, 0.3) is 33.5 Å². The van der Waals surface area contributed by atoms with Crippen LogP contribution in [0.1, 0.15) is 48.0 Å². The zero-order valence-corrected chi connectivity index (χ0v) is 19.5. The maximum atomic E-state index is 12.2. The summed E-state index contributed by atoms with van der Waals surface area (Å²) in [5.41, 5.74) is 0.406. The second kappa shape index (κ2) is 11.3. The number of hydrogen-bond donors (Lipinski definition) is 2. The summed E-state index contributed by atoms with van der Waals surface area (Å²) in [4.78, 5) is 62.5. The molecule has 1 aromatic rings.